The summed E-state index contributed by atoms with van der Waals surface area (Å²) in [6.07, 6.45) is -23.4. The summed E-state index contributed by atoms with van der Waals surface area (Å²) >= 11 is 0. The van der Waals surface area contributed by atoms with Gasteiger partial charge in [0.25, 0.3) is 0 Å². The molecule has 3 heterocycles. The van der Waals surface area contributed by atoms with Gasteiger partial charge in [0, 0.05) is 7.11 Å². The van der Waals surface area contributed by atoms with Crippen LogP contribution in [0.3, 0.4) is 0 Å². The van der Waals surface area contributed by atoms with Gasteiger partial charge in [0.15, 0.2) is 18.9 Å². The van der Waals surface area contributed by atoms with Gasteiger partial charge in [0.2, 0.25) is 0 Å². The molecule has 0 amide bonds. The number of aliphatic hydroxyl groups excluding tert-OH is 10. The third-order valence-electron chi connectivity index (χ3n) is 6.29. The van der Waals surface area contributed by atoms with E-state index in [-0.39, 0.29) is 0 Å². The first-order valence-corrected chi connectivity index (χ1v) is 11.0. The Labute approximate surface area is 199 Å². The molecule has 0 aliphatic carbocycles. The summed E-state index contributed by atoms with van der Waals surface area (Å²) in [5, 5.41) is 99.9. The van der Waals surface area contributed by atoms with E-state index in [1.165, 1.54) is 7.11 Å². The molecule has 0 saturated carbocycles. The minimum Gasteiger partial charge on any atom is -0.394 e. The average molecular weight is 518 g/mol. The maximum Gasteiger partial charge on any atom is 0.187 e. The van der Waals surface area contributed by atoms with Crippen LogP contribution in [0.2, 0.25) is 0 Å². The Balaban J connectivity index is 1.63. The lowest BCUT2D eigenvalue weighted by Gasteiger charge is -2.46. The lowest BCUT2D eigenvalue weighted by Crippen LogP contribution is -2.65. The van der Waals surface area contributed by atoms with Gasteiger partial charge in [0.1, 0.15) is 73.2 Å². The van der Waals surface area contributed by atoms with Crippen molar-refractivity contribution in [3.63, 3.8) is 0 Å². The summed E-state index contributed by atoms with van der Waals surface area (Å²) in [4.78, 5) is 0. The number of ether oxygens (including phenoxy) is 6. The Bertz CT molecular complexity index is 648. The summed E-state index contributed by atoms with van der Waals surface area (Å²) in [7, 11) is 1.21. The van der Waals surface area contributed by atoms with Crippen LogP contribution in [0.5, 0.6) is 0 Å². The molecule has 35 heavy (non-hydrogen) atoms. The predicted molar refractivity (Wildman–Crippen MR) is 106 cm³/mol. The van der Waals surface area contributed by atoms with Gasteiger partial charge >= 0.3 is 0 Å². The topological polar surface area (TPSA) is 258 Å². The fourth-order valence-electron chi connectivity index (χ4n) is 4.13. The fourth-order valence-corrected chi connectivity index (χ4v) is 4.13. The van der Waals surface area contributed by atoms with Crippen LogP contribution in [-0.2, 0) is 28.4 Å². The van der Waals surface area contributed by atoms with E-state index < -0.39 is 112 Å². The largest absolute Gasteiger partial charge is 0.394 e. The third kappa shape index (κ3) is 5.93. The first-order valence-electron chi connectivity index (χ1n) is 11.0. The Hall–Kier alpha value is -0.640. The van der Waals surface area contributed by atoms with Crippen molar-refractivity contribution in [2.24, 2.45) is 0 Å². The summed E-state index contributed by atoms with van der Waals surface area (Å²) in [5.74, 6) is 0. The van der Waals surface area contributed by atoms with E-state index in [1.807, 2.05) is 0 Å². The first-order chi connectivity index (χ1) is 16.5. The molecular formula is C19H34O16. The second-order valence-electron chi connectivity index (χ2n) is 8.59. The maximum absolute atomic E-state index is 10.6. The Morgan fingerprint density at radius 3 is 1.60 bits per heavy atom. The molecule has 15 atom stereocenters. The van der Waals surface area contributed by atoms with Crippen molar-refractivity contribution in [3.8, 4) is 0 Å². The van der Waals surface area contributed by atoms with Gasteiger partial charge in [-0.2, -0.15) is 0 Å². The minimum absolute atomic E-state index is 0.490. The maximum atomic E-state index is 10.6. The van der Waals surface area contributed by atoms with Gasteiger partial charge in [-0.05, 0) is 0 Å². The second kappa shape index (κ2) is 12.3. The molecule has 206 valence electrons. The first kappa shape index (κ1) is 28.9. The molecule has 3 fully saturated rings. The second-order valence-corrected chi connectivity index (χ2v) is 8.59. The molecule has 0 bridgehead atoms. The molecule has 10 N–H and O–H groups in total. The molecule has 16 heteroatoms. The Morgan fingerprint density at radius 1 is 0.543 bits per heavy atom. The zero-order valence-electron chi connectivity index (χ0n) is 18.7. The highest BCUT2D eigenvalue weighted by Gasteiger charge is 2.51. The van der Waals surface area contributed by atoms with Gasteiger partial charge in [-0.3, -0.25) is 0 Å². The molecule has 16 nitrogen and oxygen atoms in total. The van der Waals surface area contributed by atoms with Gasteiger partial charge in [-0.25, -0.2) is 0 Å². The molecule has 3 saturated heterocycles. The summed E-state index contributed by atoms with van der Waals surface area (Å²) < 4.78 is 31.7. The lowest BCUT2D eigenvalue weighted by atomic mass is 9.97. The van der Waals surface area contributed by atoms with Crippen LogP contribution >= 0.6 is 0 Å². The van der Waals surface area contributed by atoms with Gasteiger partial charge < -0.3 is 79.5 Å². The molecule has 3 rings (SSSR count). The van der Waals surface area contributed by atoms with E-state index >= 15 is 0 Å². The molecule has 0 aromatic carbocycles. The molecular weight excluding hydrogens is 484 g/mol. The van der Waals surface area contributed by atoms with Crippen molar-refractivity contribution in [1.82, 2.24) is 0 Å². The van der Waals surface area contributed by atoms with Crippen molar-refractivity contribution in [1.29, 1.82) is 0 Å². The van der Waals surface area contributed by atoms with Crippen molar-refractivity contribution in [2.45, 2.75) is 92.1 Å². The Kier molecular flexibility index (Phi) is 10.1. The molecule has 3 aliphatic rings. The van der Waals surface area contributed by atoms with Crippen LogP contribution in [0.4, 0.5) is 0 Å². The molecule has 0 radical (unpaired) electrons. The van der Waals surface area contributed by atoms with Crippen LogP contribution in [0, 0.1) is 0 Å². The van der Waals surface area contributed by atoms with Crippen LogP contribution < -0.4 is 0 Å². The van der Waals surface area contributed by atoms with E-state index in [0.29, 0.717) is 0 Å². The van der Waals surface area contributed by atoms with Gasteiger partial charge in [-0.15, -0.1) is 0 Å². The predicted octanol–water partition coefficient (Wildman–Crippen LogP) is -6.92. The van der Waals surface area contributed by atoms with Crippen LogP contribution in [0.15, 0.2) is 0 Å². The summed E-state index contributed by atoms with van der Waals surface area (Å²) in [5.41, 5.74) is 0. The van der Waals surface area contributed by atoms with Crippen LogP contribution in [0.25, 0.3) is 0 Å². The van der Waals surface area contributed by atoms with Crippen LogP contribution in [-0.4, -0.2) is 170 Å². The fraction of sp³-hybridized carbons (Fsp3) is 1.00. The Morgan fingerprint density at radius 2 is 1.03 bits per heavy atom. The van der Waals surface area contributed by atoms with E-state index in [1.54, 1.807) is 0 Å². The van der Waals surface area contributed by atoms with Gasteiger partial charge in [0.05, 0.1) is 19.8 Å². The number of rotatable bonds is 8. The summed E-state index contributed by atoms with van der Waals surface area (Å²) in [6, 6.07) is 0. The van der Waals surface area contributed by atoms with E-state index in [4.69, 9.17) is 28.4 Å². The lowest BCUT2D eigenvalue weighted by molar-refractivity contribution is -0.364. The van der Waals surface area contributed by atoms with Crippen LogP contribution in [0.1, 0.15) is 0 Å². The molecule has 0 aromatic heterocycles. The van der Waals surface area contributed by atoms with Crippen molar-refractivity contribution < 1.29 is 79.5 Å². The molecule has 0 spiro atoms. The standard InChI is InChI=1S/C19H34O16/c1-30-17-13(27)11(25)9(23)7(34-17)4-31-18-15(29)12(26)16(6(3-21)33-18)35-19-14(28)10(24)8(22)5(2-20)32-19/h5-29H,2-4H2,1H3/t5-,6-,7-,8-,9-,10+,11+,12-,13-,14-,15-,16-,17+,18+,19-/m1/s1. The third-order valence-corrected chi connectivity index (χ3v) is 6.29. The molecule has 0 unspecified atom stereocenters. The normalized spacial score (nSPS) is 51.3. The SMILES string of the molecule is CO[C@H]1O[C@H](CO[C@H]2O[C@H](CO)[C@@H](O[C@H]3O[C@H](CO)[C@@H](O)[C@H](O)[C@H]3O)[C@H](O)[C@H]2O)[C@@H](O)[C@H](O)[C@H]1O. The van der Waals surface area contributed by atoms with Gasteiger partial charge in [-0.1, -0.05) is 0 Å². The van der Waals surface area contributed by atoms with E-state index in [0.717, 1.165) is 0 Å². The van der Waals surface area contributed by atoms with Crippen molar-refractivity contribution in [3.05, 3.63) is 0 Å². The molecule has 0 aromatic rings. The smallest absolute Gasteiger partial charge is 0.187 e. The highest BCUT2D eigenvalue weighted by molar-refractivity contribution is 4.95. The van der Waals surface area contributed by atoms with E-state index in [9.17, 15) is 51.1 Å². The molecule has 3 aliphatic heterocycles. The highest BCUT2D eigenvalue weighted by atomic mass is 16.8. The zero-order chi connectivity index (χ0) is 26.0. The monoisotopic (exact) mass is 518 g/mol. The average Bonchev–Trinajstić information content (AvgIpc) is 2.85. The number of hydrogen-bond donors (Lipinski definition) is 10. The van der Waals surface area contributed by atoms with Crippen molar-refractivity contribution in [2.75, 3.05) is 26.9 Å². The zero-order valence-corrected chi connectivity index (χ0v) is 18.7. The highest BCUT2D eigenvalue weighted by Crippen LogP contribution is 2.30. The number of hydrogen-bond acceptors (Lipinski definition) is 16. The number of aliphatic hydroxyl groups is 10. The van der Waals surface area contributed by atoms with Crippen molar-refractivity contribution >= 4 is 0 Å². The minimum atomic E-state index is -1.80. The van der Waals surface area contributed by atoms with E-state index in [2.05, 4.69) is 0 Å². The quantitative estimate of drug-likeness (QED) is 0.143. The summed E-state index contributed by atoms with van der Waals surface area (Å²) in [6.45, 7) is -1.97. The number of methoxy groups -OCH3 is 1.